The summed E-state index contributed by atoms with van der Waals surface area (Å²) in [5.74, 6) is -0.288. The van der Waals surface area contributed by atoms with Gasteiger partial charge in [0.05, 0.1) is 5.92 Å². The molecule has 0 N–H and O–H groups in total. The molecule has 0 spiro atoms. The molecule has 0 bridgehead atoms. The van der Waals surface area contributed by atoms with Crippen molar-refractivity contribution in [1.82, 2.24) is 4.98 Å². The predicted octanol–water partition coefficient (Wildman–Crippen LogP) is 3.43. The largest absolute Gasteiger partial charge is 0.460 e. The molecule has 3 nitrogen and oxygen atoms in total. The van der Waals surface area contributed by atoms with E-state index in [0.717, 1.165) is 8.79 Å². The summed E-state index contributed by atoms with van der Waals surface area (Å²) >= 11 is 4.85. The zero-order chi connectivity index (χ0) is 12.3. The summed E-state index contributed by atoms with van der Waals surface area (Å²) in [5, 5.41) is 0. The Labute approximate surface area is 108 Å². The van der Waals surface area contributed by atoms with Gasteiger partial charge in [-0.3, -0.25) is 4.79 Å². The first-order valence-electron chi connectivity index (χ1n) is 5.11. The van der Waals surface area contributed by atoms with Crippen molar-refractivity contribution in [1.29, 1.82) is 0 Å². The van der Waals surface area contributed by atoms with Crippen LogP contribution in [-0.4, -0.2) is 16.6 Å². The highest BCUT2D eigenvalue weighted by atomic mass is 79.9. The Bertz CT molecular complexity index is 370. The smallest absolute Gasteiger partial charge is 0.309 e. The van der Waals surface area contributed by atoms with Crippen LogP contribution in [0.3, 0.4) is 0 Å². The van der Waals surface area contributed by atoms with Gasteiger partial charge in [0.15, 0.2) is 3.92 Å². The quantitative estimate of drug-likeness (QED) is 0.803. The Hall–Kier alpha value is -0.420. The van der Waals surface area contributed by atoms with E-state index in [1.54, 1.807) is 17.5 Å². The van der Waals surface area contributed by atoms with Crippen molar-refractivity contribution < 1.29 is 9.53 Å². The predicted molar refractivity (Wildman–Crippen MR) is 68.5 cm³/mol. The van der Waals surface area contributed by atoms with Crippen LogP contribution in [-0.2, 0) is 16.0 Å². The van der Waals surface area contributed by atoms with E-state index in [0.29, 0.717) is 6.42 Å². The van der Waals surface area contributed by atoms with Gasteiger partial charge in [-0.1, -0.05) is 6.92 Å². The van der Waals surface area contributed by atoms with Gasteiger partial charge in [0.1, 0.15) is 5.60 Å². The molecule has 1 atom stereocenters. The first-order chi connectivity index (χ1) is 7.28. The summed E-state index contributed by atoms with van der Waals surface area (Å²) in [6, 6.07) is 0. The van der Waals surface area contributed by atoms with E-state index in [4.69, 9.17) is 4.74 Å². The minimum absolute atomic E-state index is 0.133. The lowest BCUT2D eigenvalue weighted by Gasteiger charge is -2.21. The molecule has 16 heavy (non-hydrogen) atoms. The molecule has 90 valence electrons. The fraction of sp³-hybridized carbons (Fsp3) is 0.636. The summed E-state index contributed by atoms with van der Waals surface area (Å²) in [6.45, 7) is 7.50. The van der Waals surface area contributed by atoms with Crippen LogP contribution in [0.15, 0.2) is 10.1 Å². The van der Waals surface area contributed by atoms with Gasteiger partial charge in [-0.25, -0.2) is 4.98 Å². The Morgan fingerprint density at radius 1 is 1.62 bits per heavy atom. The molecule has 5 heteroatoms. The molecule has 1 unspecified atom stereocenters. The number of aromatic nitrogens is 1. The van der Waals surface area contributed by atoms with Crippen molar-refractivity contribution in [2.24, 2.45) is 5.92 Å². The standard InChI is InChI=1S/C11H16BrNO2S/c1-7(9(14)15-11(2,3)4)5-8-6-13-10(12)16-8/h6-7H,5H2,1-4H3. The molecule has 0 saturated heterocycles. The number of carbonyl (C=O) groups excluding carboxylic acids is 1. The van der Waals surface area contributed by atoms with Gasteiger partial charge in [-0.2, -0.15) is 0 Å². The minimum Gasteiger partial charge on any atom is -0.460 e. The number of thiazole rings is 1. The number of nitrogens with zero attached hydrogens (tertiary/aromatic N) is 1. The molecule has 0 aromatic carbocycles. The van der Waals surface area contributed by atoms with Gasteiger partial charge in [0.25, 0.3) is 0 Å². The Balaban J connectivity index is 2.52. The van der Waals surface area contributed by atoms with Crippen LogP contribution in [0.25, 0.3) is 0 Å². The van der Waals surface area contributed by atoms with E-state index < -0.39 is 5.60 Å². The first kappa shape index (κ1) is 13.6. The summed E-state index contributed by atoms with van der Waals surface area (Å²) in [6.07, 6.45) is 2.47. The van der Waals surface area contributed by atoms with E-state index in [1.807, 2.05) is 27.7 Å². The van der Waals surface area contributed by atoms with Crippen LogP contribution in [0.5, 0.6) is 0 Å². The van der Waals surface area contributed by atoms with Gasteiger partial charge in [0.2, 0.25) is 0 Å². The molecular weight excluding hydrogens is 290 g/mol. The monoisotopic (exact) mass is 305 g/mol. The third-order valence-electron chi connectivity index (χ3n) is 1.84. The normalized spacial score (nSPS) is 13.6. The Morgan fingerprint density at radius 2 is 2.25 bits per heavy atom. The minimum atomic E-state index is -0.417. The second-order valence-corrected chi connectivity index (χ2v) is 7.11. The molecule has 0 aliphatic rings. The Kier molecular flexibility index (Phi) is 4.50. The van der Waals surface area contributed by atoms with Crippen molar-refractivity contribution in [3.05, 3.63) is 15.0 Å². The van der Waals surface area contributed by atoms with Crippen molar-refractivity contribution in [2.45, 2.75) is 39.7 Å². The average molecular weight is 306 g/mol. The first-order valence-corrected chi connectivity index (χ1v) is 6.72. The molecule has 0 aliphatic carbocycles. The SMILES string of the molecule is CC(Cc1cnc(Br)s1)C(=O)OC(C)(C)C. The third-order valence-corrected chi connectivity index (χ3v) is 3.34. The third kappa shape index (κ3) is 4.61. The van der Waals surface area contributed by atoms with Crippen LogP contribution in [0.2, 0.25) is 0 Å². The molecule has 0 amide bonds. The maximum absolute atomic E-state index is 11.7. The number of halogens is 1. The van der Waals surface area contributed by atoms with E-state index in [-0.39, 0.29) is 11.9 Å². The van der Waals surface area contributed by atoms with Crippen molar-refractivity contribution >= 4 is 33.2 Å². The average Bonchev–Trinajstić information content (AvgIpc) is 2.48. The lowest BCUT2D eigenvalue weighted by Crippen LogP contribution is -2.28. The van der Waals surface area contributed by atoms with Crippen molar-refractivity contribution in [2.75, 3.05) is 0 Å². The summed E-state index contributed by atoms with van der Waals surface area (Å²) < 4.78 is 6.16. The maximum Gasteiger partial charge on any atom is 0.309 e. The number of hydrogen-bond acceptors (Lipinski definition) is 4. The van der Waals surface area contributed by atoms with Gasteiger partial charge >= 0.3 is 5.97 Å². The molecule has 0 saturated carbocycles. The van der Waals surface area contributed by atoms with Gasteiger partial charge in [-0.05, 0) is 43.1 Å². The lowest BCUT2D eigenvalue weighted by molar-refractivity contribution is -0.159. The summed E-state index contributed by atoms with van der Waals surface area (Å²) in [7, 11) is 0. The highest BCUT2D eigenvalue weighted by Crippen LogP contribution is 2.22. The van der Waals surface area contributed by atoms with E-state index in [1.165, 1.54) is 0 Å². The summed E-state index contributed by atoms with van der Waals surface area (Å²) in [4.78, 5) is 16.9. The zero-order valence-corrected chi connectivity index (χ0v) is 12.3. The molecule has 1 aromatic heterocycles. The molecule has 1 heterocycles. The Morgan fingerprint density at radius 3 is 2.69 bits per heavy atom. The van der Waals surface area contributed by atoms with Crippen LogP contribution < -0.4 is 0 Å². The fourth-order valence-corrected chi connectivity index (χ4v) is 2.65. The van der Waals surface area contributed by atoms with E-state index >= 15 is 0 Å². The van der Waals surface area contributed by atoms with E-state index in [2.05, 4.69) is 20.9 Å². The number of carbonyl (C=O) groups is 1. The number of ether oxygens (including phenoxy) is 1. The second kappa shape index (κ2) is 5.27. The van der Waals surface area contributed by atoms with Crippen LogP contribution in [0.1, 0.15) is 32.6 Å². The van der Waals surface area contributed by atoms with Gasteiger partial charge in [-0.15, -0.1) is 11.3 Å². The fourth-order valence-electron chi connectivity index (χ4n) is 1.17. The zero-order valence-electron chi connectivity index (χ0n) is 9.91. The molecular formula is C11H16BrNO2S. The molecule has 1 rings (SSSR count). The van der Waals surface area contributed by atoms with Crippen LogP contribution >= 0.6 is 27.3 Å². The summed E-state index contributed by atoms with van der Waals surface area (Å²) in [5.41, 5.74) is -0.417. The number of esters is 1. The highest BCUT2D eigenvalue weighted by Gasteiger charge is 2.22. The van der Waals surface area contributed by atoms with Gasteiger partial charge in [0, 0.05) is 11.1 Å². The molecule has 0 radical (unpaired) electrons. The maximum atomic E-state index is 11.7. The van der Waals surface area contributed by atoms with Crippen LogP contribution in [0.4, 0.5) is 0 Å². The number of rotatable bonds is 3. The van der Waals surface area contributed by atoms with Gasteiger partial charge < -0.3 is 4.74 Å². The van der Waals surface area contributed by atoms with Crippen molar-refractivity contribution in [3.63, 3.8) is 0 Å². The molecule has 0 aliphatic heterocycles. The van der Waals surface area contributed by atoms with Crippen molar-refractivity contribution in [3.8, 4) is 0 Å². The second-order valence-electron chi connectivity index (χ2n) is 4.72. The highest BCUT2D eigenvalue weighted by molar-refractivity contribution is 9.11. The molecule has 0 fully saturated rings. The van der Waals surface area contributed by atoms with E-state index in [9.17, 15) is 4.79 Å². The topological polar surface area (TPSA) is 39.2 Å². The number of hydrogen-bond donors (Lipinski definition) is 0. The molecule has 1 aromatic rings. The lowest BCUT2D eigenvalue weighted by atomic mass is 10.1. The van der Waals surface area contributed by atoms with Crippen LogP contribution in [0, 0.1) is 5.92 Å².